The summed E-state index contributed by atoms with van der Waals surface area (Å²) >= 11 is 0. The zero-order valence-electron chi connectivity index (χ0n) is 9.63. The highest BCUT2D eigenvalue weighted by Gasteiger charge is 2.32. The van der Waals surface area contributed by atoms with Gasteiger partial charge in [0.2, 0.25) is 0 Å². The molecule has 0 saturated heterocycles. The Morgan fingerprint density at radius 3 is 2.88 bits per heavy atom. The summed E-state index contributed by atoms with van der Waals surface area (Å²) < 4.78 is 31.3. The molecule has 1 aliphatic rings. The zero-order chi connectivity index (χ0) is 13.1. The highest BCUT2D eigenvalue weighted by Crippen LogP contribution is 2.16. The minimum absolute atomic E-state index is 0.134. The van der Waals surface area contributed by atoms with Crippen molar-refractivity contribution >= 4 is 16.2 Å². The molecule has 94 valence electrons. The lowest BCUT2D eigenvalue weighted by Gasteiger charge is -2.28. The molecule has 6 nitrogen and oxygen atoms in total. The summed E-state index contributed by atoms with van der Waals surface area (Å²) in [6.07, 6.45) is 6.28. The number of nitrogens with one attached hydrogen (secondary N) is 1. The Morgan fingerprint density at radius 2 is 2.35 bits per heavy atom. The molecule has 0 fully saturated rings. The van der Waals surface area contributed by atoms with Gasteiger partial charge in [-0.2, -0.15) is 13.1 Å². The van der Waals surface area contributed by atoms with Crippen LogP contribution in [-0.4, -0.2) is 37.9 Å². The Kier molecular flexibility index (Phi) is 4.15. The zero-order valence-corrected chi connectivity index (χ0v) is 10.5. The number of carbonyl (C=O) groups is 1. The Bertz CT molecular complexity index is 475. The Hall–Kier alpha value is -1.52. The molecule has 1 unspecified atom stereocenters. The van der Waals surface area contributed by atoms with Crippen LogP contribution in [0.3, 0.4) is 0 Å². The molecule has 0 bridgehead atoms. The van der Waals surface area contributed by atoms with E-state index in [0.29, 0.717) is 0 Å². The van der Waals surface area contributed by atoms with E-state index in [0.717, 1.165) is 4.31 Å². The Labute approximate surface area is 101 Å². The summed E-state index contributed by atoms with van der Waals surface area (Å²) in [5.74, 6) is 1.66. The molecule has 0 amide bonds. The third kappa shape index (κ3) is 2.99. The summed E-state index contributed by atoms with van der Waals surface area (Å²) in [5, 5.41) is 0. The average Bonchev–Trinajstić information content (AvgIpc) is 2.21. The minimum atomic E-state index is -3.66. The first-order chi connectivity index (χ1) is 7.92. The first-order valence-electron chi connectivity index (χ1n) is 5.03. The molecule has 0 saturated carbocycles. The highest BCUT2D eigenvalue weighted by molar-refractivity contribution is 7.87. The molecule has 1 atom stereocenters. The molecule has 1 heterocycles. The van der Waals surface area contributed by atoms with Gasteiger partial charge < -0.3 is 4.74 Å². The van der Waals surface area contributed by atoms with Crippen molar-refractivity contribution in [3.05, 3.63) is 11.8 Å². The summed E-state index contributed by atoms with van der Waals surface area (Å²) in [6, 6.07) is -0.631. The lowest BCUT2D eigenvalue weighted by molar-refractivity contribution is -0.138. The van der Waals surface area contributed by atoms with E-state index in [1.165, 1.54) is 6.20 Å². The predicted octanol–water partition coefficient (Wildman–Crippen LogP) is -0.395. The number of terminal acetylenes is 1. The number of rotatable bonds is 3. The molecule has 17 heavy (non-hydrogen) atoms. The largest absolute Gasteiger partial charge is 0.463 e. The van der Waals surface area contributed by atoms with Gasteiger partial charge in [0, 0.05) is 6.20 Å². The average molecular weight is 258 g/mol. The quantitative estimate of drug-likeness (QED) is 0.552. The van der Waals surface area contributed by atoms with E-state index >= 15 is 0 Å². The van der Waals surface area contributed by atoms with Gasteiger partial charge >= 0.3 is 16.2 Å². The van der Waals surface area contributed by atoms with E-state index in [4.69, 9.17) is 11.2 Å². The second-order valence-corrected chi connectivity index (χ2v) is 5.05. The molecular weight excluding hydrogens is 244 g/mol. The summed E-state index contributed by atoms with van der Waals surface area (Å²) in [4.78, 5) is 11.6. The second-order valence-electron chi connectivity index (χ2n) is 3.40. The topological polar surface area (TPSA) is 75.7 Å². The van der Waals surface area contributed by atoms with Gasteiger partial charge in [-0.15, -0.1) is 6.42 Å². The van der Waals surface area contributed by atoms with Crippen LogP contribution in [0.25, 0.3) is 0 Å². The Balaban J connectivity index is 3.06. The molecule has 0 aliphatic carbocycles. The fourth-order valence-corrected chi connectivity index (χ4v) is 2.56. The van der Waals surface area contributed by atoms with E-state index < -0.39 is 22.2 Å². The number of nitrogens with zero attached hydrogens (tertiary/aromatic N) is 1. The summed E-state index contributed by atoms with van der Waals surface area (Å²) in [7, 11) is -3.66. The standard InChI is InChI=1S/C10H14N2O4S/c1-4-6-12-7-9(10(13)16-5-2)8(3)11-17(12,14)15/h1,7-8,11H,5-6H2,2-3H3. The van der Waals surface area contributed by atoms with Gasteiger partial charge in [0.05, 0.1) is 24.8 Å². The maximum absolute atomic E-state index is 11.6. The molecule has 0 aromatic heterocycles. The van der Waals surface area contributed by atoms with E-state index in [2.05, 4.69) is 10.6 Å². The van der Waals surface area contributed by atoms with Crippen molar-refractivity contribution < 1.29 is 17.9 Å². The fraction of sp³-hybridized carbons (Fsp3) is 0.500. The van der Waals surface area contributed by atoms with Crippen molar-refractivity contribution in [2.75, 3.05) is 13.2 Å². The van der Waals surface area contributed by atoms with E-state index in [-0.39, 0.29) is 18.7 Å². The van der Waals surface area contributed by atoms with Crippen LogP contribution in [0.2, 0.25) is 0 Å². The molecule has 0 aromatic rings. The smallest absolute Gasteiger partial charge is 0.337 e. The fourth-order valence-electron chi connectivity index (χ4n) is 1.36. The van der Waals surface area contributed by atoms with Gasteiger partial charge in [0.1, 0.15) is 0 Å². The normalized spacial score (nSPS) is 22.5. The first kappa shape index (κ1) is 13.5. The van der Waals surface area contributed by atoms with Crippen LogP contribution in [0.4, 0.5) is 0 Å². The number of ether oxygens (including phenoxy) is 1. The van der Waals surface area contributed by atoms with Crippen LogP contribution in [0.1, 0.15) is 13.8 Å². The van der Waals surface area contributed by atoms with Gasteiger partial charge in [-0.3, -0.25) is 4.31 Å². The molecule has 1 N–H and O–H groups in total. The van der Waals surface area contributed by atoms with E-state index in [1.807, 2.05) is 0 Å². The van der Waals surface area contributed by atoms with Crippen LogP contribution in [0.5, 0.6) is 0 Å². The van der Waals surface area contributed by atoms with Gasteiger partial charge in [-0.1, -0.05) is 5.92 Å². The third-order valence-corrected chi connectivity index (χ3v) is 3.65. The minimum Gasteiger partial charge on any atom is -0.463 e. The van der Waals surface area contributed by atoms with Crippen LogP contribution >= 0.6 is 0 Å². The monoisotopic (exact) mass is 258 g/mol. The molecule has 0 radical (unpaired) electrons. The SMILES string of the molecule is C#CCN1C=C(C(=O)OCC)C(C)NS1(=O)=O. The van der Waals surface area contributed by atoms with Gasteiger partial charge in [0.15, 0.2) is 0 Å². The van der Waals surface area contributed by atoms with Crippen molar-refractivity contribution in [1.29, 1.82) is 0 Å². The molecule has 7 heteroatoms. The van der Waals surface area contributed by atoms with Crippen LogP contribution in [-0.2, 0) is 19.7 Å². The van der Waals surface area contributed by atoms with Crippen molar-refractivity contribution in [2.45, 2.75) is 19.9 Å². The lowest BCUT2D eigenvalue weighted by Crippen LogP contribution is -2.48. The summed E-state index contributed by atoms with van der Waals surface area (Å²) in [5.41, 5.74) is 0.233. The summed E-state index contributed by atoms with van der Waals surface area (Å²) in [6.45, 7) is 3.33. The van der Waals surface area contributed by atoms with Crippen molar-refractivity contribution in [3.63, 3.8) is 0 Å². The number of esters is 1. The van der Waals surface area contributed by atoms with Crippen LogP contribution in [0, 0.1) is 12.3 Å². The number of hydrogen-bond donors (Lipinski definition) is 1. The van der Waals surface area contributed by atoms with E-state index in [9.17, 15) is 13.2 Å². The maximum atomic E-state index is 11.6. The van der Waals surface area contributed by atoms with Crippen LogP contribution < -0.4 is 4.72 Å². The predicted molar refractivity (Wildman–Crippen MR) is 61.8 cm³/mol. The number of carbonyl (C=O) groups excluding carboxylic acids is 1. The van der Waals surface area contributed by atoms with Gasteiger partial charge in [0.25, 0.3) is 0 Å². The number of hydrogen-bond acceptors (Lipinski definition) is 4. The maximum Gasteiger partial charge on any atom is 0.337 e. The second kappa shape index (κ2) is 5.21. The molecule has 1 rings (SSSR count). The van der Waals surface area contributed by atoms with Gasteiger partial charge in [-0.25, -0.2) is 4.79 Å². The van der Waals surface area contributed by atoms with E-state index in [1.54, 1.807) is 13.8 Å². The molecule has 1 aliphatic heterocycles. The first-order valence-corrected chi connectivity index (χ1v) is 6.47. The highest BCUT2D eigenvalue weighted by atomic mass is 32.2. The van der Waals surface area contributed by atoms with Crippen molar-refractivity contribution in [1.82, 2.24) is 9.03 Å². The third-order valence-electron chi connectivity index (χ3n) is 2.14. The van der Waals surface area contributed by atoms with Gasteiger partial charge in [-0.05, 0) is 13.8 Å². The lowest BCUT2D eigenvalue weighted by atomic mass is 10.1. The van der Waals surface area contributed by atoms with Crippen molar-refractivity contribution in [3.8, 4) is 12.3 Å². The van der Waals surface area contributed by atoms with Crippen LogP contribution in [0.15, 0.2) is 11.8 Å². The Morgan fingerprint density at radius 1 is 1.71 bits per heavy atom. The molecule has 0 aromatic carbocycles. The van der Waals surface area contributed by atoms with Crippen molar-refractivity contribution in [2.24, 2.45) is 0 Å². The molecular formula is C10H14N2O4S. The molecule has 0 spiro atoms.